The fourth-order valence-electron chi connectivity index (χ4n) is 2.01. The molecule has 2 aromatic rings. The molecule has 0 heterocycles. The van der Waals surface area contributed by atoms with Gasteiger partial charge in [0.15, 0.2) is 11.5 Å². The third-order valence-corrected chi connectivity index (χ3v) is 3.02. The zero-order valence-electron chi connectivity index (χ0n) is 11.7. The Labute approximate surface area is 119 Å². The minimum atomic E-state index is 0.176. The van der Waals surface area contributed by atoms with Gasteiger partial charge in [0, 0.05) is 24.9 Å². The Balaban J connectivity index is 2.07. The Bertz CT molecular complexity index is 569. The van der Waals surface area contributed by atoms with Crippen molar-refractivity contribution < 1.29 is 14.6 Å². The monoisotopic (exact) mass is 273 g/mol. The van der Waals surface area contributed by atoms with Crippen molar-refractivity contribution in [3.63, 3.8) is 0 Å². The number of methoxy groups -OCH3 is 2. The molecule has 0 aliphatic carbocycles. The molecule has 0 saturated carbocycles. The van der Waals surface area contributed by atoms with Crippen LogP contribution in [-0.2, 0) is 17.9 Å². The third-order valence-electron chi connectivity index (χ3n) is 3.02. The van der Waals surface area contributed by atoms with Gasteiger partial charge in [-0.3, -0.25) is 0 Å². The first-order valence-corrected chi connectivity index (χ1v) is 6.41. The highest BCUT2D eigenvalue weighted by Crippen LogP contribution is 2.29. The Morgan fingerprint density at radius 2 is 1.90 bits per heavy atom. The summed E-state index contributed by atoms with van der Waals surface area (Å²) in [6.07, 6.45) is 0. The molecule has 0 aromatic heterocycles. The van der Waals surface area contributed by atoms with Gasteiger partial charge < -0.3 is 19.9 Å². The maximum atomic E-state index is 10.0. The number of phenols is 1. The second-order valence-electron chi connectivity index (χ2n) is 4.45. The first kappa shape index (κ1) is 14.2. The fraction of sp³-hybridized carbons (Fsp3) is 0.250. The SMILES string of the molecule is COCc1cccc(NCc2cccc(OC)c2O)c1. The predicted molar refractivity (Wildman–Crippen MR) is 79.1 cm³/mol. The van der Waals surface area contributed by atoms with Crippen LogP contribution in [0.3, 0.4) is 0 Å². The summed E-state index contributed by atoms with van der Waals surface area (Å²) in [5, 5.41) is 13.3. The van der Waals surface area contributed by atoms with E-state index in [2.05, 4.69) is 5.32 Å². The van der Waals surface area contributed by atoms with Crippen molar-refractivity contribution in [3.05, 3.63) is 53.6 Å². The van der Waals surface area contributed by atoms with Crippen molar-refractivity contribution in [1.29, 1.82) is 0 Å². The van der Waals surface area contributed by atoms with E-state index in [0.29, 0.717) is 18.9 Å². The molecule has 0 saturated heterocycles. The van der Waals surface area contributed by atoms with Gasteiger partial charge >= 0.3 is 0 Å². The summed E-state index contributed by atoms with van der Waals surface area (Å²) in [5.74, 6) is 0.660. The second kappa shape index (κ2) is 6.82. The van der Waals surface area contributed by atoms with Crippen LogP contribution in [0.2, 0.25) is 0 Å². The average Bonchev–Trinajstić information content (AvgIpc) is 2.47. The van der Waals surface area contributed by atoms with E-state index in [1.807, 2.05) is 36.4 Å². The van der Waals surface area contributed by atoms with Crippen molar-refractivity contribution >= 4 is 5.69 Å². The molecule has 0 amide bonds. The Hall–Kier alpha value is -2.20. The molecule has 2 rings (SSSR count). The number of rotatable bonds is 6. The second-order valence-corrected chi connectivity index (χ2v) is 4.45. The topological polar surface area (TPSA) is 50.7 Å². The lowest BCUT2D eigenvalue weighted by molar-refractivity contribution is 0.185. The van der Waals surface area contributed by atoms with Crippen LogP contribution in [0.5, 0.6) is 11.5 Å². The Morgan fingerprint density at radius 3 is 2.65 bits per heavy atom. The summed E-state index contributed by atoms with van der Waals surface area (Å²) >= 11 is 0. The van der Waals surface area contributed by atoms with E-state index in [4.69, 9.17) is 9.47 Å². The van der Waals surface area contributed by atoms with Crippen molar-refractivity contribution in [2.24, 2.45) is 0 Å². The minimum absolute atomic E-state index is 0.176. The molecule has 2 aromatic carbocycles. The Morgan fingerprint density at radius 1 is 1.10 bits per heavy atom. The number of nitrogens with one attached hydrogen (secondary N) is 1. The van der Waals surface area contributed by atoms with Crippen LogP contribution < -0.4 is 10.1 Å². The van der Waals surface area contributed by atoms with E-state index >= 15 is 0 Å². The molecule has 0 spiro atoms. The van der Waals surface area contributed by atoms with Gasteiger partial charge in [-0.05, 0) is 23.8 Å². The molecule has 0 fully saturated rings. The zero-order valence-corrected chi connectivity index (χ0v) is 11.7. The molecule has 0 radical (unpaired) electrons. The Kier molecular flexibility index (Phi) is 4.85. The highest BCUT2D eigenvalue weighted by molar-refractivity contribution is 5.50. The fourth-order valence-corrected chi connectivity index (χ4v) is 2.01. The average molecular weight is 273 g/mol. The lowest BCUT2D eigenvalue weighted by Gasteiger charge is -2.11. The van der Waals surface area contributed by atoms with Gasteiger partial charge in [-0.15, -0.1) is 0 Å². The van der Waals surface area contributed by atoms with Gasteiger partial charge in [-0.1, -0.05) is 24.3 Å². The maximum Gasteiger partial charge on any atom is 0.162 e. The van der Waals surface area contributed by atoms with Crippen molar-refractivity contribution in [2.45, 2.75) is 13.2 Å². The third kappa shape index (κ3) is 3.42. The summed E-state index contributed by atoms with van der Waals surface area (Å²) < 4.78 is 10.2. The molecule has 20 heavy (non-hydrogen) atoms. The highest BCUT2D eigenvalue weighted by Gasteiger charge is 2.06. The number of benzene rings is 2. The largest absolute Gasteiger partial charge is 0.504 e. The van der Waals surface area contributed by atoms with Crippen LogP contribution in [-0.4, -0.2) is 19.3 Å². The van der Waals surface area contributed by atoms with Crippen molar-refractivity contribution in [1.82, 2.24) is 0 Å². The summed E-state index contributed by atoms with van der Waals surface area (Å²) in [5.41, 5.74) is 2.88. The predicted octanol–water partition coefficient (Wildman–Crippen LogP) is 3.16. The molecule has 0 aliphatic rings. The summed E-state index contributed by atoms with van der Waals surface area (Å²) in [7, 11) is 3.22. The molecule has 0 atom stereocenters. The quantitative estimate of drug-likeness (QED) is 0.849. The molecule has 0 bridgehead atoms. The molecule has 0 aliphatic heterocycles. The number of phenolic OH excluding ortho intramolecular Hbond substituents is 1. The van der Waals surface area contributed by atoms with Crippen LogP contribution in [0.4, 0.5) is 5.69 Å². The van der Waals surface area contributed by atoms with E-state index in [-0.39, 0.29) is 5.75 Å². The number of ether oxygens (including phenoxy) is 2. The summed E-state index contributed by atoms with van der Waals surface area (Å²) in [4.78, 5) is 0. The highest BCUT2D eigenvalue weighted by atomic mass is 16.5. The van der Waals surface area contributed by atoms with Gasteiger partial charge in [0.1, 0.15) is 0 Å². The van der Waals surface area contributed by atoms with Crippen LogP contribution in [0.25, 0.3) is 0 Å². The van der Waals surface area contributed by atoms with Crippen LogP contribution in [0, 0.1) is 0 Å². The molecule has 106 valence electrons. The smallest absolute Gasteiger partial charge is 0.162 e. The number of hydrogen-bond acceptors (Lipinski definition) is 4. The molecular weight excluding hydrogens is 254 g/mol. The van der Waals surface area contributed by atoms with Gasteiger partial charge in [0.05, 0.1) is 13.7 Å². The van der Waals surface area contributed by atoms with Gasteiger partial charge in [0.25, 0.3) is 0 Å². The molecule has 4 heteroatoms. The van der Waals surface area contributed by atoms with Crippen molar-refractivity contribution in [3.8, 4) is 11.5 Å². The number of anilines is 1. The summed E-state index contributed by atoms with van der Waals surface area (Å²) in [6.45, 7) is 1.11. The zero-order chi connectivity index (χ0) is 14.4. The van der Waals surface area contributed by atoms with Crippen LogP contribution in [0.15, 0.2) is 42.5 Å². The molecular formula is C16H19NO3. The van der Waals surface area contributed by atoms with E-state index in [1.165, 1.54) is 0 Å². The first-order chi connectivity index (χ1) is 9.74. The number of para-hydroxylation sites is 1. The molecule has 4 nitrogen and oxygen atoms in total. The van der Waals surface area contributed by atoms with E-state index < -0.39 is 0 Å². The minimum Gasteiger partial charge on any atom is -0.504 e. The van der Waals surface area contributed by atoms with Gasteiger partial charge in [-0.25, -0.2) is 0 Å². The number of hydrogen-bond donors (Lipinski definition) is 2. The number of aromatic hydroxyl groups is 1. The lowest BCUT2D eigenvalue weighted by Crippen LogP contribution is -2.01. The van der Waals surface area contributed by atoms with E-state index in [9.17, 15) is 5.11 Å². The lowest BCUT2D eigenvalue weighted by atomic mass is 10.1. The van der Waals surface area contributed by atoms with E-state index in [1.54, 1.807) is 20.3 Å². The van der Waals surface area contributed by atoms with Crippen LogP contribution >= 0.6 is 0 Å². The standard InChI is InChI=1S/C16H19NO3/c1-19-11-12-5-3-7-14(9-12)17-10-13-6-4-8-15(20-2)16(13)18/h3-9,17-18H,10-11H2,1-2H3. The van der Waals surface area contributed by atoms with Crippen molar-refractivity contribution in [2.75, 3.05) is 19.5 Å². The maximum absolute atomic E-state index is 10.0. The first-order valence-electron chi connectivity index (χ1n) is 6.41. The van der Waals surface area contributed by atoms with Gasteiger partial charge in [0.2, 0.25) is 0 Å². The van der Waals surface area contributed by atoms with E-state index in [0.717, 1.165) is 16.8 Å². The van der Waals surface area contributed by atoms with Crippen LogP contribution in [0.1, 0.15) is 11.1 Å². The van der Waals surface area contributed by atoms with Gasteiger partial charge in [-0.2, -0.15) is 0 Å². The summed E-state index contributed by atoms with van der Waals surface area (Å²) in [6, 6.07) is 13.5. The normalized spacial score (nSPS) is 10.3. The molecule has 2 N–H and O–H groups in total. The molecule has 0 unspecified atom stereocenters.